The Morgan fingerprint density at radius 3 is 0.449 bits per heavy atom. The standard InChI is InChI=1S/C69H10/c1-2-6-62-61(5(1)67(6)3-4-67)68-63-53-45-35-25-17-9-7-8-11-15-13(9)21-29-23(15)33-27-19(11)20-12(8)16-14-10(7)18(17)26-32-22(14)30-24(16)34-28(20)38-37(27)47-41(33)51-43(29)49(39(45)31(21)25)57(63)59(51)65-55(47)56-48(38)42(34)52-44(30)50-40(32)46(36(26)35)54(53)64(68)58(50)60(52)66(56)69(62,65)68/h1-2,5-6,61-62H,3-4H2/t5-,6+,61?,62?,68?,69?. The van der Waals surface area contributed by atoms with Crippen molar-refractivity contribution in [3.63, 3.8) is 0 Å². The second-order valence-corrected chi connectivity index (χ2v) is 27.6. The van der Waals surface area contributed by atoms with Gasteiger partial charge in [0.2, 0.25) is 0 Å². The lowest BCUT2D eigenvalue weighted by Gasteiger charge is -2.72. The highest BCUT2D eigenvalue weighted by molar-refractivity contribution is 6.82. The van der Waals surface area contributed by atoms with Crippen molar-refractivity contribution in [1.82, 2.24) is 0 Å². The molecular weight excluding hydrogens is 829 g/mol. The molecule has 0 heterocycles. The molecule has 28 aromatic rings. The number of allylic oxidation sites excluding steroid dienone is 2. The normalized spacial score (nSPS) is 26.7. The Hall–Kier alpha value is -7.80. The van der Waals surface area contributed by atoms with Crippen LogP contribution < -0.4 is 0 Å². The lowest BCUT2D eigenvalue weighted by molar-refractivity contribution is -0.0397. The first-order valence-electron chi connectivity index (χ1n) is 26.9. The Morgan fingerprint density at radius 2 is 0.319 bits per heavy atom. The fourth-order valence-electron chi connectivity index (χ4n) is 28.6. The molecule has 0 amide bonds. The summed E-state index contributed by atoms with van der Waals surface area (Å²) >= 11 is 0. The molecule has 0 N–H and O–H groups in total. The van der Waals surface area contributed by atoms with Gasteiger partial charge in [-0.3, -0.25) is 0 Å². The number of rotatable bonds is 0. The summed E-state index contributed by atoms with van der Waals surface area (Å²) < 4.78 is 0. The van der Waals surface area contributed by atoms with Crippen LogP contribution in [0.25, 0.3) is 291 Å². The van der Waals surface area contributed by atoms with E-state index < -0.39 is 0 Å². The maximum absolute atomic E-state index is 2.87. The Balaban J connectivity index is 1.17. The van der Waals surface area contributed by atoms with Gasteiger partial charge in [-0.25, -0.2) is 0 Å². The fourth-order valence-corrected chi connectivity index (χ4v) is 28.6. The molecule has 0 saturated heterocycles. The van der Waals surface area contributed by atoms with Gasteiger partial charge in [-0.15, -0.1) is 0 Å². The van der Waals surface area contributed by atoms with Crippen LogP contribution in [0.15, 0.2) is 12.2 Å². The van der Waals surface area contributed by atoms with Crippen molar-refractivity contribution < 1.29 is 0 Å². The minimum Gasteiger partial charge on any atom is -0.0842 e. The molecule has 0 nitrogen and oxygen atoms in total. The highest BCUT2D eigenvalue weighted by Crippen LogP contribution is 2.95. The summed E-state index contributed by atoms with van der Waals surface area (Å²) in [5, 5.41) is 93.3. The molecule has 0 aromatic heterocycles. The summed E-state index contributed by atoms with van der Waals surface area (Å²) in [7, 11) is 0. The van der Waals surface area contributed by atoms with E-state index in [2.05, 4.69) is 12.2 Å². The molecule has 8 aliphatic carbocycles. The van der Waals surface area contributed by atoms with Crippen molar-refractivity contribution in [2.24, 2.45) is 29.1 Å². The highest BCUT2D eigenvalue weighted by Gasteiger charge is 2.89. The van der Waals surface area contributed by atoms with Gasteiger partial charge in [-0.05, 0) is 355 Å². The number of fused-ring (bicyclic) bond motifs is 3. The summed E-state index contributed by atoms with van der Waals surface area (Å²) in [6.07, 6.45) is 8.65. The van der Waals surface area contributed by atoms with E-state index in [9.17, 15) is 0 Å². The Bertz CT molecular complexity index is 6760. The predicted octanol–water partition coefficient (Wildman–Crippen LogP) is 18.1. The third-order valence-electron chi connectivity index (χ3n) is 28.3. The van der Waals surface area contributed by atoms with Crippen LogP contribution >= 0.6 is 0 Å². The maximum atomic E-state index is 2.87. The molecule has 0 aliphatic heterocycles. The first kappa shape index (κ1) is 24.5. The third kappa shape index (κ3) is 1.21. The molecule has 2 unspecified atom stereocenters. The lowest BCUT2D eigenvalue weighted by Crippen LogP contribution is -2.73. The van der Waals surface area contributed by atoms with Crippen LogP contribution in [0.3, 0.4) is 0 Å². The summed E-state index contributed by atoms with van der Waals surface area (Å²) in [5.74, 6) is 2.74. The van der Waals surface area contributed by atoms with Gasteiger partial charge >= 0.3 is 0 Å². The Labute approximate surface area is 376 Å². The maximum Gasteiger partial charge on any atom is 0.0406 e. The minimum atomic E-state index is -0.0250. The Kier molecular flexibility index (Phi) is 1.87. The molecule has 3 fully saturated rings. The summed E-state index contributed by atoms with van der Waals surface area (Å²) in [6.45, 7) is 0. The molecule has 8 aliphatic rings. The second kappa shape index (κ2) is 5.26. The predicted molar refractivity (Wildman–Crippen MR) is 289 cm³/mol. The lowest BCUT2D eigenvalue weighted by atomic mass is 9.28. The largest absolute Gasteiger partial charge is 0.0842 e. The average Bonchev–Trinajstić information content (AvgIpc) is 4.26. The summed E-state index contributed by atoms with van der Waals surface area (Å²) in [4.78, 5) is 0. The number of hydrogen-bond donors (Lipinski definition) is 0. The first-order valence-corrected chi connectivity index (χ1v) is 26.9. The zero-order chi connectivity index (χ0) is 40.1. The molecule has 28 aromatic carbocycles. The summed E-state index contributed by atoms with van der Waals surface area (Å²) in [5.41, 5.74) is 8.09. The smallest absolute Gasteiger partial charge is 0.0406 e. The van der Waals surface area contributed by atoms with Gasteiger partial charge < -0.3 is 0 Å². The molecule has 0 heteroatoms. The van der Waals surface area contributed by atoms with E-state index >= 15 is 0 Å². The molecule has 2 bridgehead atoms. The van der Waals surface area contributed by atoms with E-state index in [-0.39, 0.29) is 10.8 Å². The van der Waals surface area contributed by atoms with Crippen molar-refractivity contribution in [3.8, 4) is 0 Å². The van der Waals surface area contributed by atoms with Gasteiger partial charge in [0, 0.05) is 10.8 Å². The molecule has 69 heavy (non-hydrogen) atoms. The number of hydrogen-bond acceptors (Lipinski definition) is 0. The van der Waals surface area contributed by atoms with E-state index in [0.29, 0.717) is 29.1 Å². The van der Waals surface area contributed by atoms with Crippen molar-refractivity contribution in [2.45, 2.75) is 23.7 Å². The van der Waals surface area contributed by atoms with E-state index in [1.165, 1.54) is 12.8 Å². The molecule has 3 saturated carbocycles. The SMILES string of the molecule is C1=C[C@H]2C3C([C@@H]1C21CC1)C12c4c5c6c7c8c9c(c%10c%11c1c1c4c4c%12c5c5c6c6c8c8c%13c9c9c%10c%10c%11c%11c1c1c4c4c%12c%12c5c5c6c8c6c8c%13c9c9c%10c%10c%11c1c1c4c4c%12c5c6c5c8c9c%10c1c45)C732. The number of benzene rings is 18. The minimum absolute atomic E-state index is 0.0250. The van der Waals surface area contributed by atoms with Crippen LogP contribution in [0.2, 0.25) is 0 Å². The average molecular weight is 839 g/mol. The van der Waals surface area contributed by atoms with Gasteiger partial charge in [0.15, 0.2) is 0 Å². The fraction of sp³-hybridized carbons (Fsp3) is 0.130. The molecular formula is C69H10. The highest BCUT2D eigenvalue weighted by atomic mass is 14.9. The quantitative estimate of drug-likeness (QED) is 0.105. The molecule has 4 atom stereocenters. The zero-order valence-electron chi connectivity index (χ0n) is 35.4. The third-order valence-corrected chi connectivity index (χ3v) is 28.3. The van der Waals surface area contributed by atoms with E-state index in [1.807, 2.05) is 22.3 Å². The first-order chi connectivity index (χ1) is 34.4. The van der Waals surface area contributed by atoms with Crippen molar-refractivity contribution >= 4 is 291 Å². The summed E-state index contributed by atoms with van der Waals surface area (Å²) in [6, 6.07) is 0. The van der Waals surface area contributed by atoms with Crippen LogP contribution in [0.5, 0.6) is 0 Å². The van der Waals surface area contributed by atoms with E-state index in [4.69, 9.17) is 0 Å². The monoisotopic (exact) mass is 838 g/mol. The van der Waals surface area contributed by atoms with Gasteiger partial charge in [0.05, 0.1) is 0 Å². The topological polar surface area (TPSA) is 0 Å². The zero-order valence-corrected chi connectivity index (χ0v) is 35.4. The van der Waals surface area contributed by atoms with Gasteiger partial charge in [-0.2, -0.15) is 0 Å². The Morgan fingerprint density at radius 1 is 0.188 bits per heavy atom. The van der Waals surface area contributed by atoms with Gasteiger partial charge in [0.25, 0.3) is 0 Å². The van der Waals surface area contributed by atoms with E-state index in [0.717, 1.165) is 0 Å². The van der Waals surface area contributed by atoms with Gasteiger partial charge in [-0.1, -0.05) is 12.2 Å². The second-order valence-electron chi connectivity index (χ2n) is 27.6. The van der Waals surface area contributed by atoms with Crippen LogP contribution in [-0.2, 0) is 10.8 Å². The van der Waals surface area contributed by atoms with Crippen LogP contribution in [0, 0.1) is 29.1 Å². The van der Waals surface area contributed by atoms with Crippen LogP contribution in [-0.4, -0.2) is 0 Å². The van der Waals surface area contributed by atoms with Crippen LogP contribution in [0.4, 0.5) is 0 Å². The molecule has 3 spiro atoms. The van der Waals surface area contributed by atoms with Crippen molar-refractivity contribution in [3.05, 3.63) is 34.4 Å². The molecule has 36 rings (SSSR count). The van der Waals surface area contributed by atoms with Crippen LogP contribution in [0.1, 0.15) is 35.1 Å². The molecule has 286 valence electrons. The van der Waals surface area contributed by atoms with Crippen molar-refractivity contribution in [2.75, 3.05) is 0 Å². The van der Waals surface area contributed by atoms with E-state index in [1.54, 1.807) is 291 Å². The van der Waals surface area contributed by atoms with Gasteiger partial charge in [0.1, 0.15) is 0 Å². The molecule has 0 radical (unpaired) electrons. The van der Waals surface area contributed by atoms with Crippen molar-refractivity contribution in [1.29, 1.82) is 0 Å².